The van der Waals surface area contributed by atoms with Gasteiger partial charge in [-0.2, -0.15) is 4.31 Å². The van der Waals surface area contributed by atoms with Crippen molar-refractivity contribution >= 4 is 21.6 Å². The molecule has 0 bridgehead atoms. The lowest BCUT2D eigenvalue weighted by molar-refractivity contribution is 0.310. The highest BCUT2D eigenvalue weighted by Crippen LogP contribution is 2.20. The van der Waals surface area contributed by atoms with E-state index in [1.807, 2.05) is 6.92 Å². The highest BCUT2D eigenvalue weighted by atomic mass is 35.5. The van der Waals surface area contributed by atoms with Crippen molar-refractivity contribution in [3.05, 3.63) is 34.9 Å². The van der Waals surface area contributed by atoms with Gasteiger partial charge in [-0.1, -0.05) is 29.8 Å². The Morgan fingerprint density at radius 1 is 1.44 bits per heavy atom. The van der Waals surface area contributed by atoms with Crippen LogP contribution in [0.1, 0.15) is 12.5 Å². The van der Waals surface area contributed by atoms with Gasteiger partial charge in [-0.25, -0.2) is 8.42 Å². The largest absolute Gasteiger partial charge is 0.312 e. The molecule has 1 aliphatic heterocycles. The van der Waals surface area contributed by atoms with E-state index in [0.717, 1.165) is 0 Å². The fourth-order valence-corrected chi connectivity index (χ4v) is 3.98. The monoisotopic (exact) mass is 288 g/mol. The molecule has 1 aromatic rings. The van der Waals surface area contributed by atoms with E-state index in [0.29, 0.717) is 30.2 Å². The summed E-state index contributed by atoms with van der Waals surface area (Å²) in [7, 11) is -3.28. The van der Waals surface area contributed by atoms with Gasteiger partial charge in [0.05, 0.1) is 5.75 Å². The Bertz CT molecular complexity index is 519. The van der Waals surface area contributed by atoms with Gasteiger partial charge in [0.2, 0.25) is 10.0 Å². The van der Waals surface area contributed by atoms with Crippen LogP contribution in [0, 0.1) is 0 Å². The molecule has 100 valence electrons. The first-order valence-corrected chi connectivity index (χ1v) is 7.92. The highest BCUT2D eigenvalue weighted by molar-refractivity contribution is 7.88. The molecule has 1 fully saturated rings. The van der Waals surface area contributed by atoms with Crippen LogP contribution in [-0.2, 0) is 15.8 Å². The molecule has 0 radical (unpaired) electrons. The van der Waals surface area contributed by atoms with Gasteiger partial charge in [0.15, 0.2) is 0 Å². The number of sulfonamides is 1. The summed E-state index contributed by atoms with van der Waals surface area (Å²) in [6, 6.07) is 7.26. The van der Waals surface area contributed by atoms with Crippen LogP contribution < -0.4 is 5.32 Å². The molecule has 1 atom stereocenters. The van der Waals surface area contributed by atoms with Crippen molar-refractivity contribution in [2.75, 3.05) is 19.6 Å². The average Bonchev–Trinajstić information content (AvgIpc) is 2.32. The van der Waals surface area contributed by atoms with Gasteiger partial charge in [0.25, 0.3) is 0 Å². The number of nitrogens with zero attached hydrogens (tertiary/aromatic N) is 1. The first-order chi connectivity index (χ1) is 8.49. The molecule has 1 N–H and O–H groups in total. The molecular formula is C12H17ClN2O2S. The van der Waals surface area contributed by atoms with Crippen molar-refractivity contribution in [2.24, 2.45) is 0 Å². The second-order valence-electron chi connectivity index (χ2n) is 4.56. The fourth-order valence-electron chi connectivity index (χ4n) is 2.05. The summed E-state index contributed by atoms with van der Waals surface area (Å²) in [6.07, 6.45) is 0. The summed E-state index contributed by atoms with van der Waals surface area (Å²) in [6.45, 7) is 3.73. The van der Waals surface area contributed by atoms with Gasteiger partial charge in [-0.05, 0) is 18.6 Å². The Morgan fingerprint density at radius 2 is 2.17 bits per heavy atom. The van der Waals surface area contributed by atoms with Crippen LogP contribution >= 0.6 is 11.6 Å². The Morgan fingerprint density at radius 3 is 2.83 bits per heavy atom. The smallest absolute Gasteiger partial charge is 0.218 e. The molecule has 0 aromatic heterocycles. The topological polar surface area (TPSA) is 49.4 Å². The van der Waals surface area contributed by atoms with Crippen molar-refractivity contribution in [3.63, 3.8) is 0 Å². The number of benzene rings is 1. The van der Waals surface area contributed by atoms with Crippen LogP contribution in [0.3, 0.4) is 0 Å². The van der Waals surface area contributed by atoms with Crippen molar-refractivity contribution in [1.82, 2.24) is 9.62 Å². The number of rotatable bonds is 3. The highest BCUT2D eigenvalue weighted by Gasteiger charge is 2.27. The van der Waals surface area contributed by atoms with E-state index < -0.39 is 10.0 Å². The summed E-state index contributed by atoms with van der Waals surface area (Å²) < 4.78 is 26.1. The summed E-state index contributed by atoms with van der Waals surface area (Å²) >= 11 is 6.00. The maximum atomic E-state index is 12.3. The predicted molar refractivity (Wildman–Crippen MR) is 73.1 cm³/mol. The number of piperazine rings is 1. The Hall–Kier alpha value is -0.620. The summed E-state index contributed by atoms with van der Waals surface area (Å²) in [5, 5.41) is 3.73. The number of hydrogen-bond acceptors (Lipinski definition) is 3. The van der Waals surface area contributed by atoms with Crippen LogP contribution in [0.15, 0.2) is 24.3 Å². The summed E-state index contributed by atoms with van der Waals surface area (Å²) in [5.41, 5.74) is 0.658. The van der Waals surface area contributed by atoms with Crippen LogP contribution in [0.25, 0.3) is 0 Å². The lowest BCUT2D eigenvalue weighted by Crippen LogP contribution is -2.51. The molecule has 0 spiro atoms. The van der Waals surface area contributed by atoms with E-state index in [2.05, 4.69) is 5.32 Å². The SMILES string of the molecule is C[C@@H]1CN(S(=O)(=O)Cc2ccccc2Cl)CCN1. The molecule has 0 unspecified atom stereocenters. The zero-order valence-electron chi connectivity index (χ0n) is 10.3. The van der Waals surface area contributed by atoms with Crippen molar-refractivity contribution in [2.45, 2.75) is 18.7 Å². The maximum Gasteiger partial charge on any atom is 0.218 e. The third-order valence-electron chi connectivity index (χ3n) is 3.02. The zero-order chi connectivity index (χ0) is 13.2. The second kappa shape index (κ2) is 5.57. The minimum atomic E-state index is -3.28. The first-order valence-electron chi connectivity index (χ1n) is 5.93. The molecule has 0 amide bonds. The summed E-state index contributed by atoms with van der Waals surface area (Å²) in [5.74, 6) is -0.0284. The van der Waals surface area contributed by atoms with Crippen molar-refractivity contribution in [3.8, 4) is 0 Å². The molecule has 2 rings (SSSR count). The number of nitrogens with one attached hydrogen (secondary N) is 1. The number of halogens is 1. The molecule has 18 heavy (non-hydrogen) atoms. The Labute approximate surface area is 113 Å². The van der Waals surface area contributed by atoms with E-state index >= 15 is 0 Å². The minimum Gasteiger partial charge on any atom is -0.312 e. The lowest BCUT2D eigenvalue weighted by atomic mass is 10.2. The van der Waals surface area contributed by atoms with Crippen LogP contribution in [-0.4, -0.2) is 38.4 Å². The van der Waals surface area contributed by atoms with E-state index in [-0.39, 0.29) is 11.8 Å². The molecule has 0 saturated carbocycles. The van der Waals surface area contributed by atoms with Gasteiger partial charge in [-0.15, -0.1) is 0 Å². The second-order valence-corrected chi connectivity index (χ2v) is 6.94. The fraction of sp³-hybridized carbons (Fsp3) is 0.500. The van der Waals surface area contributed by atoms with Gasteiger partial charge >= 0.3 is 0 Å². The zero-order valence-corrected chi connectivity index (χ0v) is 11.8. The summed E-state index contributed by atoms with van der Waals surface area (Å²) in [4.78, 5) is 0. The minimum absolute atomic E-state index is 0.0284. The molecular weight excluding hydrogens is 272 g/mol. The Kier molecular flexibility index (Phi) is 4.27. The molecule has 0 aliphatic carbocycles. The molecule has 4 nitrogen and oxygen atoms in total. The van der Waals surface area contributed by atoms with E-state index in [1.165, 1.54) is 4.31 Å². The normalized spacial score (nSPS) is 22.0. The average molecular weight is 289 g/mol. The Balaban J connectivity index is 2.14. The molecule has 1 heterocycles. The predicted octanol–water partition coefficient (Wildman–Crippen LogP) is 1.46. The van der Waals surface area contributed by atoms with Crippen LogP contribution in [0.4, 0.5) is 0 Å². The van der Waals surface area contributed by atoms with Gasteiger partial charge in [0, 0.05) is 30.7 Å². The molecule has 6 heteroatoms. The van der Waals surface area contributed by atoms with Gasteiger partial charge in [-0.3, -0.25) is 0 Å². The standard InChI is InChI=1S/C12H17ClN2O2S/c1-10-8-15(7-6-14-10)18(16,17)9-11-4-2-3-5-12(11)13/h2-5,10,14H,6-9H2,1H3/t10-/m1/s1. The van der Waals surface area contributed by atoms with Crippen LogP contribution in [0.5, 0.6) is 0 Å². The van der Waals surface area contributed by atoms with Crippen LogP contribution in [0.2, 0.25) is 5.02 Å². The third kappa shape index (κ3) is 3.23. The number of hydrogen-bond donors (Lipinski definition) is 1. The van der Waals surface area contributed by atoms with E-state index in [9.17, 15) is 8.42 Å². The first kappa shape index (κ1) is 13.8. The maximum absolute atomic E-state index is 12.3. The van der Waals surface area contributed by atoms with Gasteiger partial charge < -0.3 is 5.32 Å². The molecule has 1 saturated heterocycles. The third-order valence-corrected chi connectivity index (χ3v) is 5.18. The van der Waals surface area contributed by atoms with E-state index in [1.54, 1.807) is 24.3 Å². The van der Waals surface area contributed by atoms with Gasteiger partial charge in [0.1, 0.15) is 0 Å². The molecule has 1 aromatic carbocycles. The van der Waals surface area contributed by atoms with E-state index in [4.69, 9.17) is 11.6 Å². The van der Waals surface area contributed by atoms with Crippen molar-refractivity contribution in [1.29, 1.82) is 0 Å². The quantitative estimate of drug-likeness (QED) is 0.916. The van der Waals surface area contributed by atoms with Crippen molar-refractivity contribution < 1.29 is 8.42 Å². The molecule has 1 aliphatic rings. The lowest BCUT2D eigenvalue weighted by Gasteiger charge is -2.31.